The summed E-state index contributed by atoms with van der Waals surface area (Å²) in [6, 6.07) is 8.25. The molecule has 2 aromatic heterocycles. The van der Waals surface area contributed by atoms with E-state index in [4.69, 9.17) is 15.5 Å². The Hall–Kier alpha value is -4.06. The van der Waals surface area contributed by atoms with Gasteiger partial charge >= 0.3 is 0 Å². The number of nitrogens with one attached hydrogen (secondary N) is 3. The molecule has 32 heavy (non-hydrogen) atoms. The van der Waals surface area contributed by atoms with Crippen LogP contribution in [0.3, 0.4) is 0 Å². The molecule has 1 saturated carbocycles. The number of ether oxygens (including phenoxy) is 1. The Morgan fingerprint density at radius 3 is 2.84 bits per heavy atom. The summed E-state index contributed by atoms with van der Waals surface area (Å²) in [5.74, 6) is 1.68. The standard InChI is InChI=1S/C23H26N8O/c1-26-17(9-10-24)14-7-8-18(19(11-14)32-2)29-23-30-21-20(15(12-25)13-27-21)22(31-23)28-16-5-3-4-6-16/h7-11,13,16H,3-6,24H2,1-2H3,(H3,27,28,29,30,31). The van der Waals surface area contributed by atoms with Crippen LogP contribution in [-0.4, -0.2) is 40.9 Å². The summed E-state index contributed by atoms with van der Waals surface area (Å²) in [5, 5.41) is 17.0. The van der Waals surface area contributed by atoms with Crippen LogP contribution in [0.15, 0.2) is 41.7 Å². The summed E-state index contributed by atoms with van der Waals surface area (Å²) in [6.45, 7) is 0. The van der Waals surface area contributed by atoms with Gasteiger partial charge in [-0.25, -0.2) is 0 Å². The van der Waals surface area contributed by atoms with Crippen LogP contribution in [0.1, 0.15) is 36.8 Å². The maximum Gasteiger partial charge on any atom is 0.231 e. The van der Waals surface area contributed by atoms with E-state index in [1.807, 2.05) is 18.2 Å². The molecule has 0 aliphatic heterocycles. The smallest absolute Gasteiger partial charge is 0.231 e. The summed E-state index contributed by atoms with van der Waals surface area (Å²) < 4.78 is 5.58. The normalized spacial score (nSPS) is 14.7. The number of H-pyrrole nitrogens is 1. The molecule has 3 aromatic rings. The summed E-state index contributed by atoms with van der Waals surface area (Å²) in [6.07, 6.45) is 9.42. The SMILES string of the molecule is CN=C(C=CN)c1ccc(Nc2nc(NC3CCCC3)c3c(C#N)c[nH]c3n2)c(OC)c1. The Labute approximate surface area is 186 Å². The molecule has 0 spiro atoms. The van der Waals surface area contributed by atoms with E-state index in [-0.39, 0.29) is 0 Å². The summed E-state index contributed by atoms with van der Waals surface area (Å²) in [4.78, 5) is 16.6. The topological polar surface area (TPSA) is 137 Å². The van der Waals surface area contributed by atoms with E-state index in [0.717, 1.165) is 24.1 Å². The number of hydrogen-bond acceptors (Lipinski definition) is 8. The fourth-order valence-corrected chi connectivity index (χ4v) is 4.01. The number of rotatable bonds is 7. The number of anilines is 3. The van der Waals surface area contributed by atoms with E-state index in [9.17, 15) is 5.26 Å². The summed E-state index contributed by atoms with van der Waals surface area (Å²) >= 11 is 0. The minimum Gasteiger partial charge on any atom is -0.495 e. The van der Waals surface area contributed by atoms with Crippen molar-refractivity contribution in [2.75, 3.05) is 24.8 Å². The lowest BCUT2D eigenvalue weighted by molar-refractivity contribution is 0.416. The van der Waals surface area contributed by atoms with Crippen LogP contribution >= 0.6 is 0 Å². The van der Waals surface area contributed by atoms with Crippen molar-refractivity contribution in [1.82, 2.24) is 15.0 Å². The molecule has 164 valence electrons. The van der Waals surface area contributed by atoms with Crippen LogP contribution in [0.25, 0.3) is 11.0 Å². The molecule has 0 bridgehead atoms. The second-order valence-corrected chi connectivity index (χ2v) is 7.57. The molecule has 0 radical (unpaired) electrons. The number of methoxy groups -OCH3 is 1. The van der Waals surface area contributed by atoms with Gasteiger partial charge in [0.2, 0.25) is 5.95 Å². The number of nitrogens with two attached hydrogens (primary N) is 1. The third-order valence-corrected chi connectivity index (χ3v) is 5.59. The van der Waals surface area contributed by atoms with Gasteiger partial charge in [-0.15, -0.1) is 0 Å². The Bertz CT molecular complexity index is 1210. The molecular weight excluding hydrogens is 404 g/mol. The second-order valence-electron chi connectivity index (χ2n) is 7.57. The van der Waals surface area contributed by atoms with Crippen molar-refractivity contribution in [3.63, 3.8) is 0 Å². The predicted molar refractivity (Wildman–Crippen MR) is 127 cm³/mol. The highest BCUT2D eigenvalue weighted by atomic mass is 16.5. The van der Waals surface area contributed by atoms with Gasteiger partial charge < -0.3 is 26.1 Å². The van der Waals surface area contributed by atoms with Gasteiger partial charge in [-0.1, -0.05) is 18.9 Å². The lowest BCUT2D eigenvalue weighted by Gasteiger charge is -2.16. The zero-order valence-corrected chi connectivity index (χ0v) is 18.1. The number of aromatic nitrogens is 3. The molecule has 0 saturated heterocycles. The Morgan fingerprint density at radius 1 is 1.34 bits per heavy atom. The molecule has 1 aliphatic carbocycles. The van der Waals surface area contributed by atoms with Crippen LogP contribution in [0, 0.1) is 11.3 Å². The number of benzene rings is 1. The Kier molecular flexibility index (Phi) is 6.22. The number of nitriles is 1. The molecule has 1 aliphatic rings. The lowest BCUT2D eigenvalue weighted by Crippen LogP contribution is -2.16. The molecule has 0 amide bonds. The van der Waals surface area contributed by atoms with Gasteiger partial charge in [0.1, 0.15) is 23.3 Å². The highest BCUT2D eigenvalue weighted by molar-refractivity contribution is 6.09. The first-order chi connectivity index (χ1) is 15.7. The minimum atomic E-state index is 0.346. The van der Waals surface area contributed by atoms with Crippen LogP contribution in [-0.2, 0) is 0 Å². The van der Waals surface area contributed by atoms with Gasteiger partial charge in [0, 0.05) is 24.8 Å². The van der Waals surface area contributed by atoms with Crippen LogP contribution in [0.5, 0.6) is 5.75 Å². The average Bonchev–Trinajstić information content (AvgIpc) is 3.47. The predicted octanol–water partition coefficient (Wildman–Crippen LogP) is 3.83. The zero-order chi connectivity index (χ0) is 22.5. The lowest BCUT2D eigenvalue weighted by atomic mass is 10.1. The maximum absolute atomic E-state index is 9.50. The number of allylic oxidation sites excluding steroid dienone is 1. The fraction of sp³-hybridized carbons (Fsp3) is 0.304. The largest absolute Gasteiger partial charge is 0.495 e. The third-order valence-electron chi connectivity index (χ3n) is 5.59. The van der Waals surface area contributed by atoms with Gasteiger partial charge in [-0.3, -0.25) is 4.99 Å². The highest BCUT2D eigenvalue weighted by Gasteiger charge is 2.20. The van der Waals surface area contributed by atoms with Gasteiger partial charge in [0.25, 0.3) is 0 Å². The Morgan fingerprint density at radius 2 is 2.16 bits per heavy atom. The number of aromatic amines is 1. The van der Waals surface area contributed by atoms with Gasteiger partial charge in [-0.2, -0.15) is 15.2 Å². The average molecular weight is 431 g/mol. The monoisotopic (exact) mass is 430 g/mol. The van der Waals surface area contributed by atoms with E-state index in [2.05, 4.69) is 31.7 Å². The molecule has 2 heterocycles. The van der Waals surface area contributed by atoms with Crippen molar-refractivity contribution < 1.29 is 4.74 Å². The van der Waals surface area contributed by atoms with Crippen molar-refractivity contribution in [3.05, 3.63) is 47.8 Å². The van der Waals surface area contributed by atoms with Crippen LogP contribution in [0.2, 0.25) is 0 Å². The van der Waals surface area contributed by atoms with Crippen molar-refractivity contribution >= 4 is 34.2 Å². The number of fused-ring (bicyclic) bond motifs is 1. The van der Waals surface area contributed by atoms with Crippen LogP contribution in [0.4, 0.5) is 17.5 Å². The molecule has 0 unspecified atom stereocenters. The molecule has 0 atom stereocenters. The fourth-order valence-electron chi connectivity index (χ4n) is 4.01. The number of hydrogen-bond donors (Lipinski definition) is 4. The molecule has 1 aromatic carbocycles. The maximum atomic E-state index is 9.50. The van der Waals surface area contributed by atoms with E-state index in [0.29, 0.717) is 45.8 Å². The van der Waals surface area contributed by atoms with Crippen molar-refractivity contribution in [2.24, 2.45) is 10.7 Å². The second kappa shape index (κ2) is 9.39. The van der Waals surface area contributed by atoms with E-state index in [1.165, 1.54) is 19.0 Å². The van der Waals surface area contributed by atoms with E-state index in [1.54, 1.807) is 26.4 Å². The summed E-state index contributed by atoms with van der Waals surface area (Å²) in [5.41, 5.74) is 8.97. The van der Waals surface area contributed by atoms with Crippen molar-refractivity contribution in [3.8, 4) is 11.8 Å². The molecular formula is C23H26N8O. The first-order valence-corrected chi connectivity index (χ1v) is 10.5. The number of nitrogens with zero attached hydrogens (tertiary/aromatic N) is 4. The molecule has 5 N–H and O–H groups in total. The van der Waals surface area contributed by atoms with Gasteiger partial charge in [-0.05, 0) is 37.3 Å². The van der Waals surface area contributed by atoms with Crippen molar-refractivity contribution in [1.29, 1.82) is 5.26 Å². The van der Waals surface area contributed by atoms with Crippen LogP contribution < -0.4 is 21.1 Å². The van der Waals surface area contributed by atoms with E-state index < -0.39 is 0 Å². The minimum absolute atomic E-state index is 0.346. The number of aliphatic imine (C=N–C) groups is 1. The highest BCUT2D eigenvalue weighted by Crippen LogP contribution is 2.32. The molecule has 9 heteroatoms. The van der Waals surface area contributed by atoms with Gasteiger partial charge in [0.05, 0.1) is 29.5 Å². The van der Waals surface area contributed by atoms with E-state index >= 15 is 0 Å². The summed E-state index contributed by atoms with van der Waals surface area (Å²) in [7, 11) is 3.31. The quantitative estimate of drug-likeness (QED) is 0.418. The van der Waals surface area contributed by atoms with Crippen molar-refractivity contribution in [2.45, 2.75) is 31.7 Å². The Balaban J connectivity index is 1.70. The molecule has 1 fully saturated rings. The zero-order valence-electron chi connectivity index (χ0n) is 18.1. The third kappa shape index (κ3) is 4.21. The molecule has 9 nitrogen and oxygen atoms in total. The van der Waals surface area contributed by atoms with Gasteiger partial charge in [0.15, 0.2) is 0 Å². The molecule has 4 rings (SSSR count). The first kappa shape index (κ1) is 21.2. The first-order valence-electron chi connectivity index (χ1n) is 10.5.